The third-order valence-corrected chi connectivity index (χ3v) is 16.6. The summed E-state index contributed by atoms with van der Waals surface area (Å²) < 4.78 is 34.3. The molecule has 0 heterocycles. The van der Waals surface area contributed by atoms with Crippen LogP contribution in [0.5, 0.6) is 0 Å². The van der Waals surface area contributed by atoms with Gasteiger partial charge in [-0.25, -0.2) is 0 Å². The van der Waals surface area contributed by atoms with Crippen LogP contribution in [0.4, 0.5) is 0 Å². The number of phosphoric ester groups is 1. The molecule has 0 aromatic rings. The zero-order valence-electron chi connectivity index (χ0n) is 56.3. The monoisotopic (exact) mass is 1210 g/mol. The number of allylic oxidation sites excluding steroid dienone is 14. The van der Waals surface area contributed by atoms with Crippen molar-refractivity contribution in [3.05, 3.63) is 85.1 Å². The van der Waals surface area contributed by atoms with Crippen molar-refractivity contribution in [1.29, 1.82) is 0 Å². The van der Waals surface area contributed by atoms with Crippen molar-refractivity contribution >= 4 is 19.8 Å². The van der Waals surface area contributed by atoms with E-state index in [1.165, 1.54) is 212 Å². The van der Waals surface area contributed by atoms with Gasteiger partial charge in [0.05, 0.1) is 27.7 Å². The third-order valence-electron chi connectivity index (χ3n) is 15.7. The molecule has 0 radical (unpaired) electrons. The van der Waals surface area contributed by atoms with Gasteiger partial charge in [-0.05, 0) is 70.6 Å². The van der Waals surface area contributed by atoms with Crippen LogP contribution >= 0.6 is 7.82 Å². The van der Waals surface area contributed by atoms with Gasteiger partial charge in [-0.3, -0.25) is 14.2 Å². The largest absolute Gasteiger partial charge is 0.756 e. The van der Waals surface area contributed by atoms with E-state index < -0.39 is 26.5 Å². The maximum absolute atomic E-state index is 12.9. The fraction of sp³-hybridized carbons (Fsp3) is 0.787. The molecule has 0 aliphatic carbocycles. The van der Waals surface area contributed by atoms with Crippen LogP contribution in [0.3, 0.4) is 0 Å². The average Bonchev–Trinajstić information content (AvgIpc) is 3.51. The minimum atomic E-state index is -4.64. The highest BCUT2D eigenvalue weighted by Gasteiger charge is 2.22. The second kappa shape index (κ2) is 65.6. The summed E-state index contributed by atoms with van der Waals surface area (Å²) in [6.07, 6.45) is 89.6. The number of esters is 2. The number of unbranched alkanes of at least 4 members (excludes halogenated alkanes) is 38. The van der Waals surface area contributed by atoms with Gasteiger partial charge >= 0.3 is 11.9 Å². The van der Waals surface area contributed by atoms with Crippen LogP contribution in [-0.4, -0.2) is 70.0 Å². The zero-order valence-corrected chi connectivity index (χ0v) is 57.2. The fourth-order valence-electron chi connectivity index (χ4n) is 10.2. The Morgan fingerprint density at radius 2 is 0.671 bits per heavy atom. The van der Waals surface area contributed by atoms with Gasteiger partial charge in [0.1, 0.15) is 19.8 Å². The molecule has 0 saturated carbocycles. The minimum absolute atomic E-state index is 0.0296. The second-order valence-corrected chi connectivity index (χ2v) is 26.6. The molecular weight excluding hydrogens is 1070 g/mol. The van der Waals surface area contributed by atoms with E-state index in [0.717, 1.165) is 83.5 Å². The SMILES string of the molecule is CC/C=C\C/C=C\C/C=C\C/C=C\C/C=C\C/C=C\C/C=C\CCCCCCCCCCCCCCCCCCCCCC(=O)OC(COC(=O)CCCCCCCCCCCCCCCCCCCCCC)COP(=O)([O-])OCC[N+](C)(C)C. The zero-order chi connectivity index (χ0) is 61.9. The Morgan fingerprint density at radius 3 is 1.00 bits per heavy atom. The average molecular weight is 1210 g/mol. The molecule has 0 saturated heterocycles. The van der Waals surface area contributed by atoms with Crippen molar-refractivity contribution in [2.75, 3.05) is 47.5 Å². The Bertz CT molecular complexity index is 1710. The smallest absolute Gasteiger partial charge is 0.306 e. The summed E-state index contributed by atoms with van der Waals surface area (Å²) in [4.78, 5) is 38.0. The van der Waals surface area contributed by atoms with Crippen LogP contribution in [0, 0.1) is 0 Å². The summed E-state index contributed by atoms with van der Waals surface area (Å²) in [5.41, 5.74) is 0. The van der Waals surface area contributed by atoms with Gasteiger partial charge in [-0.1, -0.05) is 330 Å². The van der Waals surface area contributed by atoms with Crippen LogP contribution in [0.15, 0.2) is 85.1 Å². The molecule has 0 aromatic heterocycles. The maximum atomic E-state index is 12.9. The van der Waals surface area contributed by atoms with Crippen LogP contribution in [-0.2, 0) is 32.7 Å². The number of quaternary nitrogens is 1. The first kappa shape index (κ1) is 82.2. The molecule has 9 nitrogen and oxygen atoms in total. The van der Waals surface area contributed by atoms with Crippen molar-refractivity contribution < 1.29 is 42.1 Å². The van der Waals surface area contributed by atoms with E-state index in [-0.39, 0.29) is 32.0 Å². The molecule has 0 N–H and O–H groups in total. The van der Waals surface area contributed by atoms with E-state index >= 15 is 0 Å². The van der Waals surface area contributed by atoms with Crippen molar-refractivity contribution in [3.8, 4) is 0 Å². The molecule has 0 fully saturated rings. The van der Waals surface area contributed by atoms with Gasteiger partial charge in [-0.2, -0.15) is 0 Å². The highest BCUT2D eigenvalue weighted by Crippen LogP contribution is 2.38. The second-order valence-electron chi connectivity index (χ2n) is 25.2. The lowest BCUT2D eigenvalue weighted by Crippen LogP contribution is -2.37. The Hall–Kier alpha value is -2.81. The summed E-state index contributed by atoms with van der Waals surface area (Å²) in [5, 5.41) is 0. The van der Waals surface area contributed by atoms with E-state index in [1.54, 1.807) is 0 Å². The molecule has 85 heavy (non-hydrogen) atoms. The van der Waals surface area contributed by atoms with Gasteiger partial charge < -0.3 is 27.9 Å². The predicted octanol–water partition coefficient (Wildman–Crippen LogP) is 22.7. The lowest BCUT2D eigenvalue weighted by atomic mass is 10.0. The molecule has 494 valence electrons. The molecule has 0 amide bonds. The number of hydrogen-bond donors (Lipinski definition) is 0. The first-order chi connectivity index (χ1) is 41.5. The topological polar surface area (TPSA) is 111 Å². The fourth-order valence-corrected chi connectivity index (χ4v) is 11.0. The highest BCUT2D eigenvalue weighted by molar-refractivity contribution is 7.45. The molecule has 0 aliphatic rings. The number of likely N-dealkylation sites (N-methyl/N-ethyl adjacent to an activating group) is 1. The van der Waals surface area contributed by atoms with E-state index in [4.69, 9.17) is 18.5 Å². The minimum Gasteiger partial charge on any atom is -0.756 e. The molecule has 2 unspecified atom stereocenters. The van der Waals surface area contributed by atoms with Gasteiger partial charge in [0, 0.05) is 12.8 Å². The van der Waals surface area contributed by atoms with Gasteiger partial charge in [-0.15, -0.1) is 0 Å². The summed E-state index contributed by atoms with van der Waals surface area (Å²) in [5.74, 6) is -0.816. The number of phosphoric acid groups is 1. The van der Waals surface area contributed by atoms with E-state index in [2.05, 4.69) is 98.9 Å². The number of ether oxygens (including phenoxy) is 2. The molecule has 0 aromatic carbocycles. The summed E-state index contributed by atoms with van der Waals surface area (Å²) in [6, 6.07) is 0. The number of hydrogen-bond acceptors (Lipinski definition) is 8. The predicted molar refractivity (Wildman–Crippen MR) is 365 cm³/mol. The van der Waals surface area contributed by atoms with Crippen molar-refractivity contribution in [1.82, 2.24) is 0 Å². The first-order valence-electron chi connectivity index (χ1n) is 35.8. The number of carbonyl (C=O) groups is 2. The molecular formula is C75H136NO8P. The Labute approximate surface area is 526 Å². The molecule has 2 atom stereocenters. The van der Waals surface area contributed by atoms with Crippen LogP contribution < -0.4 is 4.89 Å². The highest BCUT2D eigenvalue weighted by atomic mass is 31.2. The normalized spacial score (nSPS) is 13.6. The third kappa shape index (κ3) is 70.2. The van der Waals surface area contributed by atoms with Crippen LogP contribution in [0.1, 0.15) is 328 Å². The van der Waals surface area contributed by atoms with E-state index in [9.17, 15) is 19.0 Å². The molecule has 0 rings (SSSR count). The summed E-state index contributed by atoms with van der Waals surface area (Å²) in [6.45, 7) is 4.18. The Kier molecular flexibility index (Phi) is 63.5. The van der Waals surface area contributed by atoms with Crippen molar-refractivity contribution in [2.24, 2.45) is 0 Å². The number of nitrogens with zero attached hydrogens (tertiary/aromatic N) is 1. The lowest BCUT2D eigenvalue weighted by molar-refractivity contribution is -0.870. The van der Waals surface area contributed by atoms with E-state index in [1.807, 2.05) is 21.1 Å². The number of rotatable bonds is 66. The lowest BCUT2D eigenvalue weighted by Gasteiger charge is -2.28. The van der Waals surface area contributed by atoms with Gasteiger partial charge in [0.15, 0.2) is 6.10 Å². The summed E-state index contributed by atoms with van der Waals surface area (Å²) >= 11 is 0. The van der Waals surface area contributed by atoms with Crippen molar-refractivity contribution in [2.45, 2.75) is 335 Å². The summed E-state index contributed by atoms with van der Waals surface area (Å²) in [7, 11) is 1.18. The molecule has 0 bridgehead atoms. The molecule has 0 spiro atoms. The number of carbonyl (C=O) groups excluding carboxylic acids is 2. The standard InChI is InChI=1S/C75H136NO8P/c1-6-8-10-12-14-16-18-20-22-24-26-28-29-30-31-32-33-34-35-36-37-38-39-40-41-42-43-44-45-46-47-48-50-52-54-56-58-60-62-64-66-68-75(78)84-73(72-83-85(79,80)82-70-69-76(3,4)5)71-81-74(77)67-65-63-61-59-57-55-53-51-49-27-25-23-21-19-17-15-13-11-9-7-2/h8,10,14,16,20,22,26,28,30-31,33-34,36-37,73H,6-7,9,11-13,15,17-19,21,23-25,27,29,32,35,38-72H2,1-5H3/b10-8-,16-14-,22-20-,28-26-,31-30-,34-33-,37-36-. The maximum Gasteiger partial charge on any atom is 0.306 e. The van der Waals surface area contributed by atoms with Crippen LogP contribution in [0.25, 0.3) is 0 Å². The van der Waals surface area contributed by atoms with Gasteiger partial charge in [0.25, 0.3) is 7.82 Å². The molecule has 10 heteroatoms. The van der Waals surface area contributed by atoms with E-state index in [0.29, 0.717) is 17.4 Å². The van der Waals surface area contributed by atoms with Gasteiger partial charge in [0.2, 0.25) is 0 Å². The Morgan fingerprint density at radius 1 is 0.376 bits per heavy atom. The Balaban J connectivity index is 3.95. The van der Waals surface area contributed by atoms with Crippen LogP contribution in [0.2, 0.25) is 0 Å². The first-order valence-corrected chi connectivity index (χ1v) is 37.3. The quantitative estimate of drug-likeness (QED) is 0.0195. The van der Waals surface area contributed by atoms with Crippen molar-refractivity contribution in [3.63, 3.8) is 0 Å². The molecule has 0 aliphatic heterocycles.